The molecule has 33 heavy (non-hydrogen) atoms. The number of halogens is 1. The Morgan fingerprint density at radius 2 is 1.61 bits per heavy atom. The summed E-state index contributed by atoms with van der Waals surface area (Å²) in [7, 11) is 0. The molecule has 1 fully saturated rings. The van der Waals surface area contributed by atoms with Crippen molar-refractivity contribution in [3.05, 3.63) is 101 Å². The summed E-state index contributed by atoms with van der Waals surface area (Å²) in [6.45, 7) is 1.39. The summed E-state index contributed by atoms with van der Waals surface area (Å²) in [6.07, 6.45) is 3.01. The minimum Gasteiger partial charge on any atom is -0.340 e. The number of nitrogens with zero attached hydrogens (tertiary/aromatic N) is 1. The quantitative estimate of drug-likeness (QED) is 0.495. The van der Waals surface area contributed by atoms with E-state index in [9.17, 15) is 9.59 Å². The highest BCUT2D eigenvalue weighted by molar-refractivity contribution is 6.30. The van der Waals surface area contributed by atoms with Crippen molar-refractivity contribution in [3.63, 3.8) is 0 Å². The molecule has 0 radical (unpaired) electrons. The molecular weight excluding hydrogens is 434 g/mol. The van der Waals surface area contributed by atoms with Crippen molar-refractivity contribution in [2.24, 2.45) is 5.92 Å². The molecule has 1 aliphatic heterocycles. The Bertz CT molecular complexity index is 1060. The molecule has 170 valence electrons. The van der Waals surface area contributed by atoms with E-state index < -0.39 is 12.1 Å². The summed E-state index contributed by atoms with van der Waals surface area (Å²) in [5.41, 5.74) is 2.66. The van der Waals surface area contributed by atoms with E-state index in [4.69, 9.17) is 11.6 Å². The fourth-order valence-corrected chi connectivity index (χ4v) is 4.45. The second kappa shape index (κ2) is 11.0. The second-order valence-corrected chi connectivity index (χ2v) is 8.87. The van der Waals surface area contributed by atoms with Gasteiger partial charge < -0.3 is 15.5 Å². The predicted molar refractivity (Wildman–Crippen MR) is 132 cm³/mol. The van der Waals surface area contributed by atoms with E-state index in [0.29, 0.717) is 29.7 Å². The fourth-order valence-electron chi connectivity index (χ4n) is 4.33. The zero-order chi connectivity index (χ0) is 23.0. The van der Waals surface area contributed by atoms with E-state index in [1.165, 1.54) is 5.56 Å². The van der Waals surface area contributed by atoms with Gasteiger partial charge in [-0.3, -0.25) is 4.79 Å². The Kier molecular flexibility index (Phi) is 7.63. The zero-order valence-electron chi connectivity index (χ0n) is 18.4. The molecule has 6 heteroatoms. The maximum Gasteiger partial charge on any atom is 0.320 e. The van der Waals surface area contributed by atoms with Gasteiger partial charge in [-0.1, -0.05) is 72.3 Å². The van der Waals surface area contributed by atoms with Gasteiger partial charge in [-0.2, -0.15) is 0 Å². The first-order chi connectivity index (χ1) is 16.1. The summed E-state index contributed by atoms with van der Waals surface area (Å²) in [6, 6.07) is 25.5. The van der Waals surface area contributed by atoms with E-state index in [1.54, 1.807) is 24.3 Å². The molecule has 5 nitrogen and oxygen atoms in total. The van der Waals surface area contributed by atoms with Crippen LogP contribution in [-0.4, -0.2) is 29.9 Å². The van der Waals surface area contributed by atoms with Gasteiger partial charge in [-0.15, -0.1) is 0 Å². The minimum absolute atomic E-state index is 0.0785. The van der Waals surface area contributed by atoms with Crippen LogP contribution in [0.5, 0.6) is 0 Å². The largest absolute Gasteiger partial charge is 0.340 e. The maximum absolute atomic E-state index is 13.6. The third kappa shape index (κ3) is 6.36. The lowest BCUT2D eigenvalue weighted by molar-refractivity contribution is -0.135. The lowest BCUT2D eigenvalue weighted by Gasteiger charge is -2.35. The number of rotatable bonds is 6. The number of hydrogen-bond acceptors (Lipinski definition) is 2. The van der Waals surface area contributed by atoms with Gasteiger partial charge in [0.15, 0.2) is 0 Å². The first-order valence-corrected chi connectivity index (χ1v) is 11.7. The van der Waals surface area contributed by atoms with Crippen LogP contribution in [0.1, 0.15) is 30.0 Å². The topological polar surface area (TPSA) is 61.4 Å². The van der Waals surface area contributed by atoms with Crippen LogP contribution in [0.2, 0.25) is 5.02 Å². The van der Waals surface area contributed by atoms with Crippen LogP contribution in [-0.2, 0) is 11.2 Å². The molecule has 3 aromatic rings. The number of nitrogens with one attached hydrogen (secondary N) is 2. The van der Waals surface area contributed by atoms with Crippen molar-refractivity contribution in [2.75, 3.05) is 18.4 Å². The van der Waals surface area contributed by atoms with E-state index in [0.717, 1.165) is 24.8 Å². The highest BCUT2D eigenvalue weighted by Crippen LogP contribution is 2.25. The molecule has 3 aromatic carbocycles. The number of piperidine rings is 1. The minimum atomic E-state index is -0.756. The van der Waals surface area contributed by atoms with Crippen molar-refractivity contribution in [3.8, 4) is 0 Å². The van der Waals surface area contributed by atoms with Crippen LogP contribution in [0.25, 0.3) is 0 Å². The standard InChI is InChI=1S/C27H28ClN3O2/c28-23-13-15-24(16-14-23)29-27(33)30-25(22-11-5-2-6-12-22)26(32)31-17-7-10-21(19-31)18-20-8-3-1-4-9-20/h1-6,8-9,11-16,21,25H,7,10,17-19H2,(H2,29,30,33)/t21-,25+/m0/s1. The number of urea groups is 1. The number of anilines is 1. The molecule has 1 aliphatic rings. The molecule has 4 rings (SSSR count). The number of carbonyl (C=O) groups is 2. The molecular formula is C27H28ClN3O2. The lowest BCUT2D eigenvalue weighted by Crippen LogP contribution is -2.48. The molecule has 0 aliphatic carbocycles. The Morgan fingerprint density at radius 1 is 0.939 bits per heavy atom. The van der Waals surface area contributed by atoms with E-state index in [-0.39, 0.29) is 5.91 Å². The summed E-state index contributed by atoms with van der Waals surface area (Å²) in [5.74, 6) is 0.328. The van der Waals surface area contributed by atoms with Gasteiger partial charge >= 0.3 is 6.03 Å². The van der Waals surface area contributed by atoms with Crippen molar-refractivity contribution < 1.29 is 9.59 Å². The van der Waals surface area contributed by atoms with Crippen LogP contribution in [0, 0.1) is 5.92 Å². The predicted octanol–water partition coefficient (Wildman–Crippen LogP) is 5.68. The number of hydrogen-bond donors (Lipinski definition) is 2. The van der Waals surface area contributed by atoms with Gasteiger partial charge in [0.2, 0.25) is 5.91 Å². The molecule has 0 saturated carbocycles. The number of amides is 3. The SMILES string of the molecule is O=C(Nc1ccc(Cl)cc1)N[C@@H](C(=O)N1CCC[C@@H](Cc2ccccc2)C1)c1ccccc1. The van der Waals surface area contributed by atoms with Gasteiger partial charge in [0.05, 0.1) is 0 Å². The van der Waals surface area contributed by atoms with Crippen LogP contribution < -0.4 is 10.6 Å². The molecule has 1 heterocycles. The molecule has 2 N–H and O–H groups in total. The van der Waals surface area contributed by atoms with Gasteiger partial charge in [-0.25, -0.2) is 4.79 Å². The average molecular weight is 462 g/mol. The fraction of sp³-hybridized carbons (Fsp3) is 0.259. The first-order valence-electron chi connectivity index (χ1n) is 11.3. The normalized spacial score (nSPS) is 16.6. The lowest BCUT2D eigenvalue weighted by atomic mass is 9.90. The third-order valence-electron chi connectivity index (χ3n) is 5.96. The van der Waals surface area contributed by atoms with Gasteiger partial charge in [0.25, 0.3) is 0 Å². The average Bonchev–Trinajstić information content (AvgIpc) is 2.85. The summed E-state index contributed by atoms with van der Waals surface area (Å²) in [5, 5.41) is 6.26. The van der Waals surface area contributed by atoms with E-state index in [2.05, 4.69) is 34.9 Å². The van der Waals surface area contributed by atoms with Gasteiger partial charge in [0.1, 0.15) is 6.04 Å². The van der Waals surface area contributed by atoms with Crippen LogP contribution >= 0.6 is 11.6 Å². The maximum atomic E-state index is 13.6. The zero-order valence-corrected chi connectivity index (χ0v) is 19.2. The smallest absolute Gasteiger partial charge is 0.320 e. The monoisotopic (exact) mass is 461 g/mol. The van der Waals surface area contributed by atoms with Crippen LogP contribution in [0.15, 0.2) is 84.9 Å². The Labute approximate surface area is 199 Å². The van der Waals surface area contributed by atoms with E-state index in [1.807, 2.05) is 41.3 Å². The second-order valence-electron chi connectivity index (χ2n) is 8.43. The molecule has 0 spiro atoms. The molecule has 0 unspecified atom stereocenters. The van der Waals surface area contributed by atoms with Gasteiger partial charge in [0, 0.05) is 23.8 Å². The number of likely N-dealkylation sites (tertiary alicyclic amines) is 1. The first kappa shape index (κ1) is 22.9. The summed E-state index contributed by atoms with van der Waals surface area (Å²) in [4.78, 5) is 28.2. The third-order valence-corrected chi connectivity index (χ3v) is 6.21. The summed E-state index contributed by atoms with van der Waals surface area (Å²) < 4.78 is 0. The van der Waals surface area contributed by atoms with Crippen LogP contribution in [0.3, 0.4) is 0 Å². The van der Waals surface area contributed by atoms with Crippen LogP contribution in [0.4, 0.5) is 10.5 Å². The Hall–Kier alpha value is -3.31. The van der Waals surface area contributed by atoms with Crippen molar-refractivity contribution >= 4 is 29.2 Å². The Balaban J connectivity index is 1.46. The molecule has 3 amide bonds. The van der Waals surface area contributed by atoms with E-state index >= 15 is 0 Å². The van der Waals surface area contributed by atoms with Gasteiger partial charge in [-0.05, 0) is 60.6 Å². The number of benzene rings is 3. The van der Waals surface area contributed by atoms with Crippen molar-refractivity contribution in [1.29, 1.82) is 0 Å². The number of carbonyl (C=O) groups excluding carboxylic acids is 2. The highest BCUT2D eigenvalue weighted by atomic mass is 35.5. The molecule has 0 aromatic heterocycles. The Morgan fingerprint density at radius 3 is 2.30 bits per heavy atom. The van der Waals surface area contributed by atoms with Crippen molar-refractivity contribution in [1.82, 2.24) is 10.2 Å². The summed E-state index contributed by atoms with van der Waals surface area (Å²) >= 11 is 5.92. The molecule has 2 atom stereocenters. The molecule has 0 bridgehead atoms. The van der Waals surface area contributed by atoms with Crippen molar-refractivity contribution in [2.45, 2.75) is 25.3 Å². The molecule has 1 saturated heterocycles. The highest BCUT2D eigenvalue weighted by Gasteiger charge is 2.31.